The molecular formula is C44H66ClNO4. The van der Waals surface area contributed by atoms with E-state index in [0.29, 0.717) is 32.9 Å². The SMILES string of the molecule is CC(C)C(=O)c1cc2nc(-c3ccc(Cl)cc3)cc(C(C)(C)C)c2o1.CCCC.CCCC(C)(C)C.C\C=C(C)/C(=C\C(C)=C\CC)C(=O)O. The number of carbonyl (C=O) groups is 2. The van der Waals surface area contributed by atoms with E-state index in [4.69, 9.17) is 26.1 Å². The lowest BCUT2D eigenvalue weighted by atomic mass is 9.86. The van der Waals surface area contributed by atoms with Crippen molar-refractivity contribution in [1.29, 1.82) is 0 Å². The zero-order valence-electron chi connectivity index (χ0n) is 33.8. The van der Waals surface area contributed by atoms with Crippen LogP contribution in [0.2, 0.25) is 5.02 Å². The number of hydrogen-bond donors (Lipinski definition) is 1. The van der Waals surface area contributed by atoms with Crippen LogP contribution in [0.1, 0.15) is 152 Å². The second-order valence-electron chi connectivity index (χ2n) is 15.2. The number of fused-ring (bicyclic) bond motifs is 1. The molecule has 0 spiro atoms. The number of carboxylic acid groups (broad SMARTS) is 1. The standard InChI is InChI=1S/C21H22ClNO2.C12H18O2.C7H16.C4H10/c1-12(2)19(24)18-11-17-20(25-18)15(21(3,4)5)10-16(23-17)13-6-8-14(22)9-7-13;1-5-7-9(3)8-11(12(13)14)10(4)6-2;1-5-6-7(2,3)4;1-3-4-2/h6-12H,1-5H3;6-8H,5H2,1-4H3,(H,13,14);5-6H2,1-4H3;3-4H2,1-2H3/b;9-7+,10-6-,11-8+;;. The van der Waals surface area contributed by atoms with Gasteiger partial charge in [-0.15, -0.1) is 0 Å². The largest absolute Gasteiger partial charge is 0.478 e. The summed E-state index contributed by atoms with van der Waals surface area (Å²) in [6.45, 7) is 31.1. The normalized spacial score (nSPS) is 12.4. The number of aromatic nitrogens is 1. The van der Waals surface area contributed by atoms with E-state index in [0.717, 1.165) is 34.4 Å². The molecule has 1 aromatic carbocycles. The van der Waals surface area contributed by atoms with Crippen LogP contribution in [0, 0.1) is 11.3 Å². The average molecular weight is 708 g/mol. The van der Waals surface area contributed by atoms with E-state index in [1.54, 1.807) is 25.1 Å². The molecule has 0 bridgehead atoms. The van der Waals surface area contributed by atoms with E-state index in [1.165, 1.54) is 25.7 Å². The molecule has 6 heteroatoms. The lowest BCUT2D eigenvalue weighted by molar-refractivity contribution is -0.132. The summed E-state index contributed by atoms with van der Waals surface area (Å²) in [6, 6.07) is 11.4. The van der Waals surface area contributed by atoms with Crippen molar-refractivity contribution in [2.75, 3.05) is 0 Å². The number of pyridine rings is 1. The lowest BCUT2D eigenvalue weighted by Crippen LogP contribution is -2.12. The fourth-order valence-corrected chi connectivity index (χ4v) is 4.74. The van der Waals surface area contributed by atoms with Crippen molar-refractivity contribution in [1.82, 2.24) is 4.98 Å². The highest BCUT2D eigenvalue weighted by atomic mass is 35.5. The quantitative estimate of drug-likeness (QED) is 0.136. The molecule has 0 radical (unpaired) electrons. The lowest BCUT2D eigenvalue weighted by Gasteiger charge is -2.20. The molecule has 2 aromatic heterocycles. The number of furan rings is 1. The van der Waals surface area contributed by atoms with Gasteiger partial charge in [-0.2, -0.15) is 0 Å². The van der Waals surface area contributed by atoms with Crippen LogP contribution in [0.25, 0.3) is 22.4 Å². The minimum Gasteiger partial charge on any atom is -0.478 e. The molecular weight excluding hydrogens is 642 g/mol. The Morgan fingerprint density at radius 1 is 0.920 bits per heavy atom. The minimum atomic E-state index is -0.871. The van der Waals surface area contributed by atoms with Gasteiger partial charge in [0.2, 0.25) is 5.78 Å². The summed E-state index contributed by atoms with van der Waals surface area (Å²) in [6.07, 6.45) is 11.7. The van der Waals surface area contributed by atoms with Crippen LogP contribution in [0.15, 0.2) is 75.8 Å². The van der Waals surface area contributed by atoms with Crippen molar-refractivity contribution in [3.8, 4) is 11.3 Å². The van der Waals surface area contributed by atoms with E-state index in [-0.39, 0.29) is 17.1 Å². The van der Waals surface area contributed by atoms with Crippen molar-refractivity contribution >= 4 is 34.5 Å². The maximum Gasteiger partial charge on any atom is 0.335 e. The number of halogens is 1. The third-order valence-corrected chi connectivity index (χ3v) is 7.93. The molecule has 2 heterocycles. The summed E-state index contributed by atoms with van der Waals surface area (Å²) in [7, 11) is 0. The smallest absolute Gasteiger partial charge is 0.335 e. The van der Waals surface area contributed by atoms with E-state index in [2.05, 4.69) is 62.3 Å². The van der Waals surface area contributed by atoms with Gasteiger partial charge in [0.15, 0.2) is 11.3 Å². The Balaban J connectivity index is 0.000000806. The van der Waals surface area contributed by atoms with Crippen LogP contribution < -0.4 is 0 Å². The first kappa shape index (κ1) is 46.6. The fourth-order valence-electron chi connectivity index (χ4n) is 4.61. The number of aliphatic carboxylic acids is 1. The maximum atomic E-state index is 12.3. The van der Waals surface area contributed by atoms with Gasteiger partial charge in [-0.25, -0.2) is 9.78 Å². The summed E-state index contributed by atoms with van der Waals surface area (Å²) in [4.78, 5) is 28.0. The topological polar surface area (TPSA) is 80.4 Å². The first-order valence-electron chi connectivity index (χ1n) is 18.2. The molecule has 0 aliphatic carbocycles. The molecule has 3 aromatic rings. The predicted octanol–water partition coefficient (Wildman–Crippen LogP) is 14.2. The van der Waals surface area contributed by atoms with E-state index >= 15 is 0 Å². The average Bonchev–Trinajstić information content (AvgIpc) is 3.46. The number of carboxylic acids is 1. The Hall–Kier alpha value is -3.44. The Morgan fingerprint density at radius 2 is 1.48 bits per heavy atom. The second-order valence-corrected chi connectivity index (χ2v) is 15.6. The summed E-state index contributed by atoms with van der Waals surface area (Å²) in [5.41, 5.74) is 6.82. The number of carbonyl (C=O) groups excluding carboxylic acids is 1. The zero-order chi connectivity index (χ0) is 38.8. The molecule has 278 valence electrons. The van der Waals surface area contributed by atoms with Gasteiger partial charge in [0.05, 0.1) is 11.3 Å². The molecule has 0 aliphatic heterocycles. The van der Waals surface area contributed by atoms with Crippen molar-refractivity contribution in [2.45, 2.75) is 141 Å². The summed E-state index contributed by atoms with van der Waals surface area (Å²) in [5.74, 6) is -0.624. The number of nitrogens with zero attached hydrogens (tertiary/aromatic N) is 1. The molecule has 0 saturated heterocycles. The summed E-state index contributed by atoms with van der Waals surface area (Å²) in [5, 5.41) is 9.64. The number of ketones is 1. The molecule has 0 unspecified atom stereocenters. The van der Waals surface area contributed by atoms with Gasteiger partial charge in [0.1, 0.15) is 5.52 Å². The molecule has 50 heavy (non-hydrogen) atoms. The second kappa shape index (κ2) is 22.4. The molecule has 0 atom stereocenters. The number of benzene rings is 1. The van der Waals surface area contributed by atoms with Crippen LogP contribution in [-0.4, -0.2) is 21.8 Å². The van der Waals surface area contributed by atoms with Crippen molar-refractivity contribution < 1.29 is 19.1 Å². The molecule has 3 rings (SSSR count). The van der Waals surface area contributed by atoms with Gasteiger partial charge in [-0.05, 0) is 74.3 Å². The molecule has 0 saturated carbocycles. The minimum absolute atomic E-state index is 0.00842. The monoisotopic (exact) mass is 707 g/mol. The Bertz CT molecular complexity index is 1570. The molecule has 1 N–H and O–H groups in total. The third-order valence-electron chi connectivity index (χ3n) is 7.68. The van der Waals surface area contributed by atoms with Crippen LogP contribution in [-0.2, 0) is 10.2 Å². The third kappa shape index (κ3) is 17.0. The zero-order valence-corrected chi connectivity index (χ0v) is 34.6. The van der Waals surface area contributed by atoms with Gasteiger partial charge in [-0.3, -0.25) is 4.79 Å². The Kier molecular flexibility index (Phi) is 20.9. The maximum absolute atomic E-state index is 12.3. The number of Topliss-reactive ketones (excluding diaryl/α,β-unsaturated/α-hetero) is 1. The van der Waals surface area contributed by atoms with Crippen molar-refractivity contribution in [3.63, 3.8) is 0 Å². The molecule has 5 nitrogen and oxygen atoms in total. The van der Waals surface area contributed by atoms with Gasteiger partial charge in [-0.1, -0.05) is 144 Å². The number of allylic oxidation sites excluding steroid dienone is 4. The number of unbranched alkanes of at least 4 members (excludes halogenated alkanes) is 1. The summed E-state index contributed by atoms with van der Waals surface area (Å²) >= 11 is 5.99. The number of rotatable bonds is 9. The highest BCUT2D eigenvalue weighted by molar-refractivity contribution is 6.30. The molecule has 0 fully saturated rings. The molecule has 0 amide bonds. The Labute approximate surface area is 309 Å². The van der Waals surface area contributed by atoms with Gasteiger partial charge in [0.25, 0.3) is 0 Å². The van der Waals surface area contributed by atoms with Gasteiger partial charge in [0, 0.05) is 28.1 Å². The molecule has 0 aliphatic rings. The van der Waals surface area contributed by atoms with E-state index < -0.39 is 5.97 Å². The van der Waals surface area contributed by atoms with Crippen LogP contribution in [0.5, 0.6) is 0 Å². The summed E-state index contributed by atoms with van der Waals surface area (Å²) < 4.78 is 5.93. The van der Waals surface area contributed by atoms with E-state index in [1.807, 2.05) is 71.0 Å². The highest BCUT2D eigenvalue weighted by Crippen LogP contribution is 2.35. The fraction of sp³-hybridized carbons (Fsp3) is 0.523. The van der Waals surface area contributed by atoms with Crippen LogP contribution in [0.3, 0.4) is 0 Å². The van der Waals surface area contributed by atoms with Crippen molar-refractivity contribution in [2.24, 2.45) is 11.3 Å². The first-order valence-corrected chi connectivity index (χ1v) is 18.5. The van der Waals surface area contributed by atoms with Crippen LogP contribution in [0.4, 0.5) is 0 Å². The first-order chi connectivity index (χ1) is 23.2. The predicted molar refractivity (Wildman–Crippen MR) is 216 cm³/mol. The van der Waals surface area contributed by atoms with Gasteiger partial charge >= 0.3 is 5.97 Å². The van der Waals surface area contributed by atoms with Crippen molar-refractivity contribution in [3.05, 3.63) is 87.7 Å². The van der Waals surface area contributed by atoms with Crippen LogP contribution >= 0.6 is 11.6 Å². The van der Waals surface area contributed by atoms with E-state index in [9.17, 15) is 9.59 Å². The highest BCUT2D eigenvalue weighted by Gasteiger charge is 2.24. The number of hydrogen-bond acceptors (Lipinski definition) is 4. The Morgan fingerprint density at radius 3 is 1.86 bits per heavy atom. The van der Waals surface area contributed by atoms with Gasteiger partial charge < -0.3 is 9.52 Å².